The first kappa shape index (κ1) is 14.5. The van der Waals surface area contributed by atoms with Crippen LogP contribution in [0, 0.1) is 0 Å². The van der Waals surface area contributed by atoms with E-state index < -0.39 is 0 Å². The number of methoxy groups -OCH3 is 2. The van der Waals surface area contributed by atoms with Gasteiger partial charge in [0.05, 0.1) is 12.7 Å². The zero-order valence-corrected chi connectivity index (χ0v) is 11.9. The highest BCUT2D eigenvalue weighted by Crippen LogP contribution is 2.15. The van der Waals surface area contributed by atoms with Crippen molar-refractivity contribution in [2.75, 3.05) is 33.9 Å². The van der Waals surface area contributed by atoms with Crippen LogP contribution < -0.4 is 10.6 Å². The van der Waals surface area contributed by atoms with E-state index in [1.54, 1.807) is 14.2 Å². The largest absolute Gasteiger partial charge is 0.382 e. The quantitative estimate of drug-likeness (QED) is 0.773. The van der Waals surface area contributed by atoms with Gasteiger partial charge in [-0.25, -0.2) is 0 Å². The van der Waals surface area contributed by atoms with Gasteiger partial charge in [-0.1, -0.05) is 18.2 Å². The number of hydrogen-bond donors (Lipinski definition) is 2. The third kappa shape index (κ3) is 4.28. The molecule has 1 aliphatic rings. The molecule has 0 radical (unpaired) electrons. The Morgan fingerprint density at radius 1 is 1.32 bits per heavy atom. The molecule has 2 rings (SSSR count). The lowest BCUT2D eigenvalue weighted by Crippen LogP contribution is -2.31. The average molecular weight is 264 g/mol. The lowest BCUT2D eigenvalue weighted by molar-refractivity contribution is 0.0288. The fraction of sp³-hybridized carbons (Fsp3) is 0.600. The van der Waals surface area contributed by atoms with E-state index in [1.165, 1.54) is 16.7 Å². The number of hydrogen-bond acceptors (Lipinski definition) is 4. The van der Waals surface area contributed by atoms with Crippen molar-refractivity contribution in [3.05, 3.63) is 34.9 Å². The van der Waals surface area contributed by atoms with Crippen LogP contribution >= 0.6 is 0 Å². The van der Waals surface area contributed by atoms with Gasteiger partial charge in [-0.3, -0.25) is 0 Å². The van der Waals surface area contributed by atoms with Crippen LogP contribution in [0.25, 0.3) is 0 Å². The van der Waals surface area contributed by atoms with Gasteiger partial charge in [0.1, 0.15) is 0 Å². The molecule has 4 nitrogen and oxygen atoms in total. The van der Waals surface area contributed by atoms with E-state index in [0.717, 1.165) is 32.6 Å². The minimum Gasteiger partial charge on any atom is -0.382 e. The predicted octanol–water partition coefficient (Wildman–Crippen LogP) is 1.08. The highest BCUT2D eigenvalue weighted by atomic mass is 16.5. The molecule has 106 valence electrons. The Morgan fingerprint density at radius 2 is 2.21 bits per heavy atom. The van der Waals surface area contributed by atoms with Gasteiger partial charge in [-0.05, 0) is 29.7 Å². The number of fused-ring (bicyclic) bond motifs is 1. The summed E-state index contributed by atoms with van der Waals surface area (Å²) in [6.45, 7) is 4.39. The zero-order chi connectivity index (χ0) is 13.5. The molecule has 1 unspecified atom stereocenters. The second-order valence-corrected chi connectivity index (χ2v) is 4.97. The Kier molecular flexibility index (Phi) is 5.79. The fourth-order valence-corrected chi connectivity index (χ4v) is 2.42. The lowest BCUT2D eigenvalue weighted by Gasteiger charge is -2.19. The number of benzene rings is 1. The van der Waals surface area contributed by atoms with Crippen LogP contribution in [0.4, 0.5) is 0 Å². The van der Waals surface area contributed by atoms with E-state index in [9.17, 15) is 0 Å². The summed E-state index contributed by atoms with van der Waals surface area (Å²) in [6.07, 6.45) is 1.26. The molecule has 1 aliphatic heterocycles. The van der Waals surface area contributed by atoms with Crippen LogP contribution in [0.3, 0.4) is 0 Å². The normalized spacial score (nSPS) is 16.1. The monoisotopic (exact) mass is 264 g/mol. The summed E-state index contributed by atoms with van der Waals surface area (Å²) < 4.78 is 10.4. The van der Waals surface area contributed by atoms with Gasteiger partial charge < -0.3 is 20.1 Å². The molecule has 0 aromatic heterocycles. The van der Waals surface area contributed by atoms with Crippen molar-refractivity contribution in [2.24, 2.45) is 0 Å². The van der Waals surface area contributed by atoms with E-state index in [0.29, 0.717) is 6.61 Å². The minimum atomic E-state index is 0.115. The minimum absolute atomic E-state index is 0.115. The lowest BCUT2D eigenvalue weighted by atomic mass is 9.98. The van der Waals surface area contributed by atoms with Crippen molar-refractivity contribution in [2.45, 2.75) is 25.6 Å². The van der Waals surface area contributed by atoms with Crippen LogP contribution in [-0.4, -0.2) is 40.0 Å². The summed E-state index contributed by atoms with van der Waals surface area (Å²) in [4.78, 5) is 0. The van der Waals surface area contributed by atoms with Gasteiger partial charge in [-0.15, -0.1) is 0 Å². The van der Waals surface area contributed by atoms with E-state index in [4.69, 9.17) is 9.47 Å². The molecule has 0 aliphatic carbocycles. The molecule has 1 aromatic rings. The number of ether oxygens (including phenoxy) is 2. The maximum absolute atomic E-state index is 5.32. The zero-order valence-electron chi connectivity index (χ0n) is 11.9. The maximum atomic E-state index is 5.32. The van der Waals surface area contributed by atoms with Gasteiger partial charge >= 0.3 is 0 Å². The predicted molar refractivity (Wildman–Crippen MR) is 76.2 cm³/mol. The molecule has 0 bridgehead atoms. The summed E-state index contributed by atoms with van der Waals surface area (Å²) in [5.41, 5.74) is 4.25. The molecular weight excluding hydrogens is 240 g/mol. The first-order valence-electron chi connectivity index (χ1n) is 6.87. The van der Waals surface area contributed by atoms with Gasteiger partial charge in [0.15, 0.2) is 0 Å². The third-order valence-corrected chi connectivity index (χ3v) is 3.54. The maximum Gasteiger partial charge on any atom is 0.0928 e. The Labute approximate surface area is 115 Å². The summed E-state index contributed by atoms with van der Waals surface area (Å²) >= 11 is 0. The molecule has 2 N–H and O–H groups in total. The molecule has 0 spiro atoms. The molecule has 0 fully saturated rings. The first-order chi connectivity index (χ1) is 9.33. The number of rotatable bonds is 7. The van der Waals surface area contributed by atoms with E-state index in [2.05, 4.69) is 28.8 Å². The highest BCUT2D eigenvalue weighted by molar-refractivity contribution is 5.33. The van der Waals surface area contributed by atoms with E-state index >= 15 is 0 Å². The van der Waals surface area contributed by atoms with Gasteiger partial charge in [0.2, 0.25) is 0 Å². The molecule has 19 heavy (non-hydrogen) atoms. The number of nitrogens with one attached hydrogen (secondary N) is 2. The Morgan fingerprint density at radius 3 is 3.00 bits per heavy atom. The van der Waals surface area contributed by atoms with Crippen LogP contribution in [0.2, 0.25) is 0 Å². The second kappa shape index (κ2) is 7.60. The van der Waals surface area contributed by atoms with Crippen molar-refractivity contribution >= 4 is 0 Å². The van der Waals surface area contributed by atoms with Crippen LogP contribution in [0.1, 0.15) is 16.7 Å². The Bertz CT molecular complexity index is 396. The molecule has 0 amide bonds. The van der Waals surface area contributed by atoms with Crippen LogP contribution in [-0.2, 0) is 29.0 Å². The highest BCUT2D eigenvalue weighted by Gasteiger charge is 2.09. The molecule has 4 heteroatoms. The molecular formula is C15H24N2O2. The molecule has 1 atom stereocenters. The second-order valence-electron chi connectivity index (χ2n) is 4.97. The Hall–Kier alpha value is -0.940. The van der Waals surface area contributed by atoms with Gasteiger partial charge in [0.25, 0.3) is 0 Å². The molecule has 1 heterocycles. The van der Waals surface area contributed by atoms with Crippen molar-refractivity contribution < 1.29 is 9.47 Å². The van der Waals surface area contributed by atoms with Crippen LogP contribution in [0.5, 0.6) is 0 Å². The van der Waals surface area contributed by atoms with Crippen LogP contribution in [0.15, 0.2) is 18.2 Å². The summed E-state index contributed by atoms with van der Waals surface area (Å²) in [5, 5.41) is 6.83. The van der Waals surface area contributed by atoms with Gasteiger partial charge in [0, 0.05) is 33.9 Å². The summed E-state index contributed by atoms with van der Waals surface area (Å²) in [6, 6.07) is 6.78. The topological polar surface area (TPSA) is 42.5 Å². The Balaban J connectivity index is 1.82. The molecule has 1 aromatic carbocycles. The standard InChI is InChI=1S/C15H24N2O2/c1-18-11-15(19-2)10-17-8-12-3-4-13-5-6-16-9-14(13)7-12/h3-4,7,15-17H,5-6,8-11H2,1-2H3. The average Bonchev–Trinajstić information content (AvgIpc) is 2.46. The van der Waals surface area contributed by atoms with E-state index in [1.807, 2.05) is 0 Å². The van der Waals surface area contributed by atoms with Gasteiger partial charge in [-0.2, -0.15) is 0 Å². The fourth-order valence-electron chi connectivity index (χ4n) is 2.42. The first-order valence-corrected chi connectivity index (χ1v) is 6.87. The summed E-state index contributed by atoms with van der Waals surface area (Å²) in [7, 11) is 3.42. The smallest absolute Gasteiger partial charge is 0.0928 e. The SMILES string of the molecule is COCC(CNCc1ccc2c(c1)CNCC2)OC. The third-order valence-electron chi connectivity index (χ3n) is 3.54. The molecule has 0 saturated carbocycles. The van der Waals surface area contributed by atoms with E-state index in [-0.39, 0.29) is 6.10 Å². The van der Waals surface area contributed by atoms with Crippen molar-refractivity contribution in [1.82, 2.24) is 10.6 Å². The van der Waals surface area contributed by atoms with Crippen molar-refractivity contribution in [3.63, 3.8) is 0 Å². The summed E-state index contributed by atoms with van der Waals surface area (Å²) in [5.74, 6) is 0. The van der Waals surface area contributed by atoms with Crippen molar-refractivity contribution in [3.8, 4) is 0 Å². The van der Waals surface area contributed by atoms with Crippen molar-refractivity contribution in [1.29, 1.82) is 0 Å². The molecule has 0 saturated heterocycles.